The Morgan fingerprint density at radius 3 is 2.75 bits per heavy atom. The molecule has 0 saturated heterocycles. The van der Waals surface area contributed by atoms with Crippen molar-refractivity contribution in [3.8, 4) is 0 Å². The van der Waals surface area contributed by atoms with E-state index in [-0.39, 0.29) is 11.6 Å². The molecule has 3 nitrogen and oxygen atoms in total. The van der Waals surface area contributed by atoms with Crippen LogP contribution < -0.4 is 5.32 Å². The molecule has 0 unspecified atom stereocenters. The maximum Gasteiger partial charge on any atom is 0.257 e. The molecule has 1 N–H and O–H groups in total. The first-order valence-electron chi connectivity index (χ1n) is 7.41. The molecule has 0 aliphatic heterocycles. The Morgan fingerprint density at radius 1 is 1.29 bits per heavy atom. The first kappa shape index (κ1) is 16.7. The fraction of sp³-hybridized carbons (Fsp3) is 0.167. The number of aromatic nitrogens is 1. The van der Waals surface area contributed by atoms with E-state index in [1.807, 2.05) is 31.4 Å². The minimum absolute atomic E-state index is 0.118. The Hall–Kier alpha value is -2.11. The van der Waals surface area contributed by atoms with Gasteiger partial charge >= 0.3 is 0 Å². The molecule has 0 aliphatic carbocycles. The minimum atomic E-state index is -0.553. The van der Waals surface area contributed by atoms with Crippen molar-refractivity contribution in [2.24, 2.45) is 0 Å². The highest BCUT2D eigenvalue weighted by atomic mass is 35.5. The van der Waals surface area contributed by atoms with E-state index < -0.39 is 5.82 Å². The third kappa shape index (κ3) is 3.37. The van der Waals surface area contributed by atoms with Crippen LogP contribution in [0, 0.1) is 19.7 Å². The van der Waals surface area contributed by atoms with E-state index in [4.69, 9.17) is 11.6 Å². The summed E-state index contributed by atoms with van der Waals surface area (Å²) in [5.41, 5.74) is 2.50. The fourth-order valence-corrected chi connectivity index (χ4v) is 3.46. The molecule has 2 aromatic heterocycles. The van der Waals surface area contributed by atoms with Gasteiger partial charge in [0.25, 0.3) is 5.91 Å². The van der Waals surface area contributed by atoms with Crippen molar-refractivity contribution in [3.63, 3.8) is 0 Å². The van der Waals surface area contributed by atoms with Crippen LogP contribution in [0.1, 0.15) is 26.6 Å². The lowest BCUT2D eigenvalue weighted by Crippen LogP contribution is -2.14. The number of thiophene rings is 1. The Bertz CT molecular complexity index is 887. The van der Waals surface area contributed by atoms with E-state index in [0.29, 0.717) is 10.6 Å². The van der Waals surface area contributed by atoms with E-state index in [9.17, 15) is 9.18 Å². The first-order chi connectivity index (χ1) is 11.5. The van der Waals surface area contributed by atoms with Crippen molar-refractivity contribution in [3.05, 3.63) is 74.4 Å². The molecule has 6 heteroatoms. The number of halogens is 2. The molecule has 1 amide bonds. The quantitative estimate of drug-likeness (QED) is 0.674. The number of nitrogens with one attached hydrogen (secondary N) is 1. The highest BCUT2D eigenvalue weighted by Gasteiger charge is 2.17. The predicted molar refractivity (Wildman–Crippen MR) is 96.7 cm³/mol. The number of aryl methyl sites for hydroxylation is 1. The molecule has 2 heterocycles. The zero-order valence-electron chi connectivity index (χ0n) is 13.3. The van der Waals surface area contributed by atoms with Crippen LogP contribution in [0.3, 0.4) is 0 Å². The minimum Gasteiger partial charge on any atom is -0.343 e. The number of carbonyl (C=O) groups is 1. The van der Waals surface area contributed by atoms with Gasteiger partial charge in [0.2, 0.25) is 0 Å². The van der Waals surface area contributed by atoms with Gasteiger partial charge in [-0.05, 0) is 49.6 Å². The van der Waals surface area contributed by atoms with Crippen LogP contribution in [0.5, 0.6) is 0 Å². The standard InChI is InChI=1S/C18H16ClFN2OS/c1-11-8-15(12(2)22(11)10-14-4-3-7-24-14)18(23)21-17-6-5-13(19)9-16(17)20/h3-9H,10H2,1-2H3,(H,21,23). The molecule has 1 aromatic carbocycles. The molecule has 124 valence electrons. The van der Waals surface area contributed by atoms with Gasteiger partial charge in [-0.1, -0.05) is 17.7 Å². The van der Waals surface area contributed by atoms with Gasteiger partial charge in [0.05, 0.1) is 17.8 Å². The van der Waals surface area contributed by atoms with Crippen molar-refractivity contribution < 1.29 is 9.18 Å². The first-order valence-corrected chi connectivity index (χ1v) is 8.67. The molecule has 3 rings (SSSR count). The molecule has 0 aliphatic rings. The van der Waals surface area contributed by atoms with Gasteiger partial charge in [0, 0.05) is 21.3 Å². The topological polar surface area (TPSA) is 34.0 Å². The number of rotatable bonds is 4. The van der Waals surface area contributed by atoms with E-state index in [1.54, 1.807) is 17.4 Å². The van der Waals surface area contributed by atoms with Gasteiger partial charge in [-0.3, -0.25) is 4.79 Å². The van der Waals surface area contributed by atoms with Gasteiger partial charge in [0.1, 0.15) is 5.82 Å². The third-order valence-electron chi connectivity index (χ3n) is 3.89. The number of nitrogens with zero attached hydrogens (tertiary/aromatic N) is 1. The summed E-state index contributed by atoms with van der Waals surface area (Å²) in [5.74, 6) is -0.884. The molecule has 0 atom stereocenters. The number of anilines is 1. The zero-order valence-corrected chi connectivity index (χ0v) is 14.8. The summed E-state index contributed by atoms with van der Waals surface area (Å²) in [6, 6.07) is 10.1. The number of hydrogen-bond acceptors (Lipinski definition) is 2. The number of hydrogen-bond donors (Lipinski definition) is 1. The largest absolute Gasteiger partial charge is 0.343 e. The molecule has 0 saturated carbocycles. The average molecular weight is 363 g/mol. The Labute approximate surface area is 148 Å². The molecule has 0 spiro atoms. The number of benzene rings is 1. The molecule has 0 radical (unpaired) electrons. The second kappa shape index (κ2) is 6.79. The Kier molecular flexibility index (Phi) is 4.73. The summed E-state index contributed by atoms with van der Waals surface area (Å²) in [7, 11) is 0. The summed E-state index contributed by atoms with van der Waals surface area (Å²) in [6.45, 7) is 4.58. The van der Waals surface area contributed by atoms with Gasteiger partial charge in [-0.25, -0.2) is 4.39 Å². The normalized spacial score (nSPS) is 10.8. The van der Waals surface area contributed by atoms with Crippen LogP contribution >= 0.6 is 22.9 Å². The number of amides is 1. The maximum atomic E-state index is 13.9. The van der Waals surface area contributed by atoms with Crippen LogP contribution in [0.4, 0.5) is 10.1 Å². The maximum absolute atomic E-state index is 13.9. The van der Waals surface area contributed by atoms with Crippen LogP contribution in [-0.4, -0.2) is 10.5 Å². The van der Waals surface area contributed by atoms with Crippen molar-refractivity contribution in [1.82, 2.24) is 4.57 Å². The summed E-state index contributed by atoms with van der Waals surface area (Å²) in [5, 5.41) is 4.93. The second-order valence-electron chi connectivity index (χ2n) is 5.53. The van der Waals surface area contributed by atoms with E-state index in [2.05, 4.69) is 16.0 Å². The summed E-state index contributed by atoms with van der Waals surface area (Å²) >= 11 is 7.41. The lowest BCUT2D eigenvalue weighted by molar-refractivity contribution is 0.102. The van der Waals surface area contributed by atoms with E-state index in [0.717, 1.165) is 17.9 Å². The predicted octanol–water partition coefficient (Wildman–Crippen LogP) is 5.26. The van der Waals surface area contributed by atoms with Crippen LogP contribution in [-0.2, 0) is 6.54 Å². The molecule has 0 bridgehead atoms. The monoisotopic (exact) mass is 362 g/mol. The Balaban J connectivity index is 1.85. The Morgan fingerprint density at radius 2 is 2.08 bits per heavy atom. The van der Waals surface area contributed by atoms with E-state index >= 15 is 0 Å². The zero-order chi connectivity index (χ0) is 17.3. The van der Waals surface area contributed by atoms with Crippen LogP contribution in [0.15, 0.2) is 41.8 Å². The average Bonchev–Trinajstić information content (AvgIpc) is 3.14. The molecular formula is C18H16ClFN2OS. The molecular weight excluding hydrogens is 347 g/mol. The summed E-state index contributed by atoms with van der Waals surface area (Å²) < 4.78 is 15.9. The summed E-state index contributed by atoms with van der Waals surface area (Å²) in [6.07, 6.45) is 0. The van der Waals surface area contributed by atoms with Crippen molar-refractivity contribution in [1.29, 1.82) is 0 Å². The van der Waals surface area contributed by atoms with Gasteiger partial charge < -0.3 is 9.88 Å². The smallest absolute Gasteiger partial charge is 0.257 e. The van der Waals surface area contributed by atoms with Gasteiger partial charge in [-0.15, -0.1) is 11.3 Å². The molecule has 0 fully saturated rings. The molecule has 3 aromatic rings. The van der Waals surface area contributed by atoms with Crippen LogP contribution in [0.25, 0.3) is 0 Å². The summed E-state index contributed by atoms with van der Waals surface area (Å²) in [4.78, 5) is 13.7. The molecule has 24 heavy (non-hydrogen) atoms. The van der Waals surface area contributed by atoms with Crippen molar-refractivity contribution >= 4 is 34.5 Å². The van der Waals surface area contributed by atoms with Crippen LogP contribution in [0.2, 0.25) is 5.02 Å². The van der Waals surface area contributed by atoms with E-state index in [1.165, 1.54) is 17.0 Å². The lowest BCUT2D eigenvalue weighted by atomic mass is 10.2. The SMILES string of the molecule is Cc1cc(C(=O)Nc2ccc(Cl)cc2F)c(C)n1Cc1cccs1. The highest BCUT2D eigenvalue weighted by Crippen LogP contribution is 2.23. The lowest BCUT2D eigenvalue weighted by Gasteiger charge is -2.09. The van der Waals surface area contributed by atoms with Gasteiger partial charge in [0.15, 0.2) is 0 Å². The van der Waals surface area contributed by atoms with Crippen molar-refractivity contribution in [2.75, 3.05) is 5.32 Å². The number of carbonyl (C=O) groups excluding carboxylic acids is 1. The van der Waals surface area contributed by atoms with Gasteiger partial charge in [-0.2, -0.15) is 0 Å². The fourth-order valence-electron chi connectivity index (χ4n) is 2.61. The second-order valence-corrected chi connectivity index (χ2v) is 7.00. The highest BCUT2D eigenvalue weighted by molar-refractivity contribution is 7.09. The van der Waals surface area contributed by atoms with Crippen molar-refractivity contribution in [2.45, 2.75) is 20.4 Å². The third-order valence-corrected chi connectivity index (χ3v) is 4.99.